The average Bonchev–Trinajstić information content (AvgIpc) is 2.99. The zero-order valence-electron chi connectivity index (χ0n) is 16.8. The second-order valence-electron chi connectivity index (χ2n) is 6.73. The normalized spacial score (nSPS) is 18.2. The molecule has 2 aromatic carbocycles. The Balaban J connectivity index is 2.14. The first-order valence-electron chi connectivity index (χ1n) is 9.67. The Morgan fingerprint density at radius 2 is 1.79 bits per heavy atom. The molecule has 2 aromatic rings. The van der Waals surface area contributed by atoms with Crippen molar-refractivity contribution >= 4 is 17.4 Å². The summed E-state index contributed by atoms with van der Waals surface area (Å²) in [4.78, 5) is 27.1. The number of aliphatic hydroxyl groups is 1. The van der Waals surface area contributed by atoms with Gasteiger partial charge in [0.05, 0.1) is 25.3 Å². The lowest BCUT2D eigenvalue weighted by atomic mass is 9.95. The number of carbonyl (C=O) groups is 2. The Morgan fingerprint density at radius 3 is 2.41 bits per heavy atom. The molecular formula is C23H25NO5. The Hall–Kier alpha value is -3.28. The number of hydrogen-bond acceptors (Lipinski definition) is 5. The van der Waals surface area contributed by atoms with Crippen LogP contribution in [-0.4, -0.2) is 42.0 Å². The van der Waals surface area contributed by atoms with Crippen LogP contribution in [0.2, 0.25) is 0 Å². The van der Waals surface area contributed by atoms with Crippen LogP contribution < -0.4 is 9.47 Å². The van der Waals surface area contributed by atoms with Gasteiger partial charge in [0, 0.05) is 12.1 Å². The number of ether oxygens (including phenoxy) is 2. The van der Waals surface area contributed by atoms with Crippen LogP contribution in [0.5, 0.6) is 11.5 Å². The summed E-state index contributed by atoms with van der Waals surface area (Å²) in [5.74, 6) is -0.232. The minimum absolute atomic E-state index is 0.0854. The lowest BCUT2D eigenvalue weighted by Gasteiger charge is -2.25. The van der Waals surface area contributed by atoms with Crippen molar-refractivity contribution in [1.82, 2.24) is 4.90 Å². The number of nitrogens with zero attached hydrogens (tertiary/aromatic N) is 1. The number of amides is 1. The van der Waals surface area contributed by atoms with Crippen LogP contribution in [-0.2, 0) is 9.59 Å². The molecule has 3 rings (SSSR count). The maximum absolute atomic E-state index is 12.9. The van der Waals surface area contributed by atoms with Crippen molar-refractivity contribution in [3.8, 4) is 11.5 Å². The van der Waals surface area contributed by atoms with Gasteiger partial charge in [0.1, 0.15) is 17.3 Å². The Labute approximate surface area is 170 Å². The van der Waals surface area contributed by atoms with Crippen molar-refractivity contribution in [3.05, 3.63) is 65.2 Å². The summed E-state index contributed by atoms with van der Waals surface area (Å²) in [5.41, 5.74) is 1.26. The lowest BCUT2D eigenvalue weighted by molar-refractivity contribution is -0.139. The van der Waals surface area contributed by atoms with Crippen molar-refractivity contribution in [1.29, 1.82) is 0 Å². The van der Waals surface area contributed by atoms with Gasteiger partial charge in [-0.05, 0) is 43.2 Å². The molecule has 1 aliphatic heterocycles. The van der Waals surface area contributed by atoms with Gasteiger partial charge in [-0.25, -0.2) is 0 Å². The highest BCUT2D eigenvalue weighted by molar-refractivity contribution is 6.46. The minimum Gasteiger partial charge on any atom is -0.507 e. The molecule has 1 aliphatic rings. The fourth-order valence-electron chi connectivity index (χ4n) is 3.54. The molecule has 1 saturated heterocycles. The van der Waals surface area contributed by atoms with Gasteiger partial charge in [-0.3, -0.25) is 9.59 Å². The third-order valence-electron chi connectivity index (χ3n) is 4.85. The molecule has 1 unspecified atom stereocenters. The number of Topliss-reactive ketones (excluding diaryl/α,β-unsaturated/α-hetero) is 1. The molecule has 6 nitrogen and oxygen atoms in total. The molecule has 152 valence electrons. The first-order chi connectivity index (χ1) is 14.0. The van der Waals surface area contributed by atoms with E-state index in [1.165, 1.54) is 4.90 Å². The van der Waals surface area contributed by atoms with E-state index in [1.54, 1.807) is 43.5 Å². The van der Waals surface area contributed by atoms with Crippen molar-refractivity contribution in [2.45, 2.75) is 26.3 Å². The summed E-state index contributed by atoms with van der Waals surface area (Å²) in [6.45, 7) is 4.70. The average molecular weight is 395 g/mol. The minimum atomic E-state index is -0.682. The highest BCUT2D eigenvalue weighted by Crippen LogP contribution is 2.40. The van der Waals surface area contributed by atoms with Crippen LogP contribution in [0.4, 0.5) is 0 Å². The molecule has 1 amide bonds. The fourth-order valence-corrected chi connectivity index (χ4v) is 3.54. The third kappa shape index (κ3) is 3.97. The van der Waals surface area contributed by atoms with Gasteiger partial charge in [-0.1, -0.05) is 31.2 Å². The van der Waals surface area contributed by atoms with Crippen LogP contribution in [0.3, 0.4) is 0 Å². The summed E-state index contributed by atoms with van der Waals surface area (Å²) in [6.07, 6.45) is 0.694. The monoisotopic (exact) mass is 395 g/mol. The van der Waals surface area contributed by atoms with Crippen molar-refractivity contribution in [2.75, 3.05) is 20.3 Å². The molecule has 0 aliphatic carbocycles. The van der Waals surface area contributed by atoms with Gasteiger partial charge in [-0.15, -0.1) is 0 Å². The van der Waals surface area contributed by atoms with Gasteiger partial charge in [-0.2, -0.15) is 0 Å². The number of carbonyl (C=O) groups excluding carboxylic acids is 2. The maximum atomic E-state index is 12.9. The molecule has 0 spiro atoms. The summed E-state index contributed by atoms with van der Waals surface area (Å²) in [7, 11) is 1.57. The van der Waals surface area contributed by atoms with E-state index in [0.29, 0.717) is 36.6 Å². The summed E-state index contributed by atoms with van der Waals surface area (Å²) >= 11 is 0. The number of benzene rings is 2. The summed E-state index contributed by atoms with van der Waals surface area (Å²) in [6, 6.07) is 13.4. The van der Waals surface area contributed by atoms with Crippen molar-refractivity contribution in [2.24, 2.45) is 0 Å². The Kier molecular flexibility index (Phi) is 6.22. The van der Waals surface area contributed by atoms with Crippen LogP contribution >= 0.6 is 0 Å². The number of aliphatic hydroxyl groups excluding tert-OH is 1. The van der Waals surface area contributed by atoms with E-state index in [1.807, 2.05) is 26.0 Å². The molecule has 0 bridgehead atoms. The highest BCUT2D eigenvalue weighted by atomic mass is 16.5. The van der Waals surface area contributed by atoms with Gasteiger partial charge < -0.3 is 19.5 Å². The third-order valence-corrected chi connectivity index (χ3v) is 4.85. The van der Waals surface area contributed by atoms with Gasteiger partial charge >= 0.3 is 0 Å². The molecule has 0 aromatic heterocycles. The first-order valence-corrected chi connectivity index (χ1v) is 9.67. The predicted molar refractivity (Wildman–Crippen MR) is 110 cm³/mol. The van der Waals surface area contributed by atoms with Crippen molar-refractivity contribution in [3.63, 3.8) is 0 Å². The fraction of sp³-hybridized carbons (Fsp3) is 0.304. The Morgan fingerprint density at radius 1 is 1.07 bits per heavy atom. The molecule has 1 atom stereocenters. The standard InChI is InChI=1S/C23H25NO5/c1-4-13-24-20(15-9-11-17(28-3)12-10-15)19(22(26)23(24)27)21(25)16-7-6-8-18(14-16)29-5-2/h6-12,14,20,25H,4-5,13H2,1-3H3/b21-19-. The maximum Gasteiger partial charge on any atom is 0.295 e. The molecule has 0 saturated carbocycles. The topological polar surface area (TPSA) is 76.1 Å². The second-order valence-corrected chi connectivity index (χ2v) is 6.73. The zero-order valence-corrected chi connectivity index (χ0v) is 16.8. The SMILES string of the molecule is CCCN1C(=O)C(=O)/C(=C(\O)c2cccc(OCC)c2)C1c1ccc(OC)cc1. The van der Waals surface area contributed by atoms with Crippen LogP contribution in [0.1, 0.15) is 37.4 Å². The predicted octanol–water partition coefficient (Wildman–Crippen LogP) is 3.93. The summed E-state index contributed by atoms with van der Waals surface area (Å²) < 4.78 is 10.7. The van der Waals surface area contributed by atoms with Crippen LogP contribution in [0.15, 0.2) is 54.1 Å². The van der Waals surface area contributed by atoms with E-state index < -0.39 is 17.7 Å². The lowest BCUT2D eigenvalue weighted by Crippen LogP contribution is -2.30. The largest absolute Gasteiger partial charge is 0.507 e. The van der Waals surface area contributed by atoms with Gasteiger partial charge in [0.2, 0.25) is 0 Å². The van der Waals surface area contributed by atoms with E-state index in [2.05, 4.69) is 0 Å². The first kappa shape index (κ1) is 20.5. The van der Waals surface area contributed by atoms with E-state index >= 15 is 0 Å². The van der Waals surface area contributed by atoms with Gasteiger partial charge in [0.15, 0.2) is 0 Å². The molecule has 1 heterocycles. The molecule has 1 fully saturated rings. The number of methoxy groups -OCH3 is 1. The molecule has 29 heavy (non-hydrogen) atoms. The van der Waals surface area contributed by atoms with Crippen LogP contribution in [0, 0.1) is 0 Å². The number of ketones is 1. The van der Waals surface area contributed by atoms with Crippen LogP contribution in [0.25, 0.3) is 5.76 Å². The smallest absolute Gasteiger partial charge is 0.295 e. The molecule has 0 radical (unpaired) electrons. The second kappa shape index (κ2) is 8.82. The summed E-state index contributed by atoms with van der Waals surface area (Å²) in [5, 5.41) is 11.0. The van der Waals surface area contributed by atoms with E-state index in [0.717, 1.165) is 5.56 Å². The molecule has 1 N–H and O–H groups in total. The van der Waals surface area contributed by atoms with E-state index in [9.17, 15) is 14.7 Å². The number of likely N-dealkylation sites (tertiary alicyclic amines) is 1. The molecule has 6 heteroatoms. The quantitative estimate of drug-likeness (QED) is 0.437. The van der Waals surface area contributed by atoms with E-state index in [4.69, 9.17) is 9.47 Å². The van der Waals surface area contributed by atoms with Gasteiger partial charge in [0.25, 0.3) is 11.7 Å². The Bertz CT molecular complexity index is 933. The highest BCUT2D eigenvalue weighted by Gasteiger charge is 2.45. The molecular weight excluding hydrogens is 370 g/mol. The number of hydrogen-bond donors (Lipinski definition) is 1. The zero-order chi connectivity index (χ0) is 21.0. The van der Waals surface area contributed by atoms with E-state index in [-0.39, 0.29) is 11.3 Å². The number of rotatable bonds is 7. The van der Waals surface area contributed by atoms with Crippen molar-refractivity contribution < 1.29 is 24.2 Å².